The number of nitroso groups, excluding NO2 is 1. The molecular weight excluding hydrogens is 178 g/mol. The summed E-state index contributed by atoms with van der Waals surface area (Å²) in [5.41, 5.74) is 0. The summed E-state index contributed by atoms with van der Waals surface area (Å²) >= 11 is 1.07. The molecule has 0 aliphatic rings. The van der Waals surface area contributed by atoms with Gasteiger partial charge in [0.05, 0.1) is 0 Å². The van der Waals surface area contributed by atoms with Crippen LogP contribution >= 0.6 is 12.1 Å². The minimum atomic E-state index is -0.671. The lowest BCUT2D eigenvalue weighted by Crippen LogP contribution is -2.10. The van der Waals surface area contributed by atoms with E-state index in [1.54, 1.807) is 0 Å². The number of carbonyl (C=O) groups excluding carboxylic acids is 1. The van der Waals surface area contributed by atoms with E-state index >= 15 is 0 Å². The van der Waals surface area contributed by atoms with Crippen molar-refractivity contribution >= 4 is 18.4 Å². The van der Waals surface area contributed by atoms with Crippen molar-refractivity contribution in [2.24, 2.45) is 10.3 Å². The van der Waals surface area contributed by atoms with E-state index in [1.807, 2.05) is 0 Å². The minimum absolute atomic E-state index is 0.532. The number of aldehydes is 1. The fourth-order valence-corrected chi connectivity index (χ4v) is 1.02. The minimum Gasteiger partial charge on any atom is -0.301 e. The van der Waals surface area contributed by atoms with Gasteiger partial charge in [0, 0.05) is 18.7 Å². The van der Waals surface area contributed by atoms with Crippen LogP contribution < -0.4 is 9.86 Å². The van der Waals surface area contributed by atoms with Crippen molar-refractivity contribution in [3.05, 3.63) is 4.91 Å². The van der Waals surface area contributed by atoms with Gasteiger partial charge in [0.15, 0.2) is 0 Å². The van der Waals surface area contributed by atoms with Gasteiger partial charge in [-0.2, -0.15) is 4.91 Å². The highest BCUT2D eigenvalue weighted by Crippen LogP contribution is 2.01. The first-order valence-electron chi connectivity index (χ1n) is 3.71. The molecule has 0 heterocycles. The Balaban J connectivity index is 3.17. The molecule has 0 aromatic rings. The van der Waals surface area contributed by atoms with Crippen LogP contribution in [0.25, 0.3) is 0 Å². The predicted molar refractivity (Wildman–Crippen MR) is 49.3 cm³/mol. The Hall–Kier alpha value is -0.460. The molecule has 0 amide bonds. The molecule has 5 nitrogen and oxygen atoms in total. The van der Waals surface area contributed by atoms with Crippen LogP contribution in [0.15, 0.2) is 5.18 Å². The monoisotopic (exact) mass is 191 g/mol. The Morgan fingerprint density at radius 1 is 1.58 bits per heavy atom. The second-order valence-electron chi connectivity index (χ2n) is 2.32. The first-order chi connectivity index (χ1) is 5.85. The summed E-state index contributed by atoms with van der Waals surface area (Å²) in [5, 5.41) is 7.76. The van der Waals surface area contributed by atoms with Crippen LogP contribution in [-0.2, 0) is 4.79 Å². The molecule has 0 aliphatic carbocycles. The van der Waals surface area contributed by atoms with Gasteiger partial charge in [0.1, 0.15) is 12.3 Å². The molecule has 0 radical (unpaired) electrons. The van der Waals surface area contributed by atoms with E-state index in [0.29, 0.717) is 12.7 Å². The average molecular weight is 191 g/mol. The van der Waals surface area contributed by atoms with Crippen LogP contribution in [0.1, 0.15) is 19.3 Å². The van der Waals surface area contributed by atoms with Gasteiger partial charge in [-0.15, -0.1) is 0 Å². The topological polar surface area (TPSA) is 84.5 Å². The van der Waals surface area contributed by atoms with E-state index in [4.69, 9.17) is 5.14 Å². The quantitative estimate of drug-likeness (QED) is 0.254. The number of hydrogen-bond donors (Lipinski definition) is 2. The van der Waals surface area contributed by atoms with Crippen LogP contribution in [0.3, 0.4) is 0 Å². The Morgan fingerprint density at radius 2 is 2.33 bits per heavy atom. The summed E-state index contributed by atoms with van der Waals surface area (Å²) in [5.74, 6) is 0. The molecule has 3 N–H and O–H groups in total. The van der Waals surface area contributed by atoms with Crippen molar-refractivity contribution in [2.45, 2.75) is 25.3 Å². The van der Waals surface area contributed by atoms with Crippen LogP contribution in [-0.4, -0.2) is 18.9 Å². The molecule has 0 saturated carbocycles. The molecule has 0 aromatic carbocycles. The van der Waals surface area contributed by atoms with Crippen molar-refractivity contribution in [3.8, 4) is 0 Å². The molecule has 0 bridgehead atoms. The molecule has 1 atom stereocenters. The van der Waals surface area contributed by atoms with Crippen molar-refractivity contribution in [3.63, 3.8) is 0 Å². The Bertz CT molecular complexity index is 126. The van der Waals surface area contributed by atoms with Gasteiger partial charge in [-0.25, -0.2) is 0 Å². The maximum Gasteiger partial charge on any atom is 0.148 e. The van der Waals surface area contributed by atoms with E-state index in [9.17, 15) is 9.70 Å². The lowest BCUT2D eigenvalue weighted by molar-refractivity contribution is -0.109. The molecule has 0 rings (SSSR count). The van der Waals surface area contributed by atoms with Gasteiger partial charge >= 0.3 is 0 Å². The molecule has 0 spiro atoms. The Kier molecular flexibility index (Phi) is 8.30. The SMILES string of the molecule is NSNCCCCC(C=O)N=O. The van der Waals surface area contributed by atoms with Gasteiger partial charge in [0.2, 0.25) is 0 Å². The Labute approximate surface area is 75.7 Å². The fourth-order valence-electron chi connectivity index (χ4n) is 0.755. The van der Waals surface area contributed by atoms with Crippen molar-refractivity contribution in [2.75, 3.05) is 6.54 Å². The highest BCUT2D eigenvalue weighted by atomic mass is 32.2. The number of nitrogens with one attached hydrogen (secondary N) is 1. The normalized spacial score (nSPS) is 12.4. The summed E-state index contributed by atoms with van der Waals surface area (Å²) in [6.07, 6.45) is 2.81. The number of carbonyl (C=O) groups is 1. The number of unbranched alkanes of at least 4 members (excludes halogenated alkanes) is 1. The summed E-state index contributed by atoms with van der Waals surface area (Å²) < 4.78 is 2.86. The zero-order chi connectivity index (χ0) is 9.23. The zero-order valence-electron chi connectivity index (χ0n) is 6.73. The molecule has 0 aromatic heterocycles. The maximum absolute atomic E-state index is 10.1. The van der Waals surface area contributed by atoms with Crippen LogP contribution in [0.4, 0.5) is 0 Å². The third kappa shape index (κ3) is 6.26. The Morgan fingerprint density at radius 3 is 2.83 bits per heavy atom. The number of hydrogen-bond acceptors (Lipinski definition) is 6. The second-order valence-corrected chi connectivity index (χ2v) is 2.84. The molecule has 6 heteroatoms. The fraction of sp³-hybridized carbons (Fsp3) is 0.833. The van der Waals surface area contributed by atoms with Gasteiger partial charge in [0.25, 0.3) is 0 Å². The van der Waals surface area contributed by atoms with E-state index in [2.05, 4.69) is 9.90 Å². The van der Waals surface area contributed by atoms with E-state index in [1.165, 1.54) is 0 Å². The van der Waals surface area contributed by atoms with E-state index < -0.39 is 6.04 Å². The summed E-state index contributed by atoms with van der Waals surface area (Å²) in [4.78, 5) is 20.1. The predicted octanol–water partition coefficient (Wildman–Crippen LogP) is 0.602. The lowest BCUT2D eigenvalue weighted by atomic mass is 10.1. The van der Waals surface area contributed by atoms with E-state index in [0.717, 1.165) is 31.5 Å². The summed E-state index contributed by atoms with van der Waals surface area (Å²) in [7, 11) is 0. The molecule has 1 unspecified atom stereocenters. The van der Waals surface area contributed by atoms with Gasteiger partial charge in [-0.1, -0.05) is 5.18 Å². The smallest absolute Gasteiger partial charge is 0.148 e. The van der Waals surface area contributed by atoms with Crippen molar-refractivity contribution in [1.82, 2.24) is 4.72 Å². The van der Waals surface area contributed by atoms with Crippen molar-refractivity contribution < 1.29 is 4.79 Å². The molecule has 0 aliphatic heterocycles. The van der Waals surface area contributed by atoms with Gasteiger partial charge < -0.3 is 4.79 Å². The molecule has 0 fully saturated rings. The highest BCUT2D eigenvalue weighted by Gasteiger charge is 2.04. The third-order valence-corrected chi connectivity index (χ3v) is 1.78. The van der Waals surface area contributed by atoms with Crippen LogP contribution in [0, 0.1) is 4.91 Å². The maximum atomic E-state index is 10.1. The zero-order valence-corrected chi connectivity index (χ0v) is 7.55. The molecular formula is C6H13N3O2S. The first kappa shape index (κ1) is 11.5. The number of rotatable bonds is 8. The molecule has 70 valence electrons. The number of nitrogens with zero attached hydrogens (tertiary/aromatic N) is 1. The third-order valence-electron chi connectivity index (χ3n) is 1.40. The van der Waals surface area contributed by atoms with Gasteiger partial charge in [-0.05, 0) is 19.3 Å². The van der Waals surface area contributed by atoms with Crippen molar-refractivity contribution in [1.29, 1.82) is 0 Å². The standard InChI is InChI=1S/C6H13N3O2S/c7-12-8-4-2-1-3-6(5-10)9-11/h5-6,8H,1-4,7H2. The molecule has 12 heavy (non-hydrogen) atoms. The largest absolute Gasteiger partial charge is 0.301 e. The second kappa shape index (κ2) is 8.63. The van der Waals surface area contributed by atoms with Gasteiger partial charge in [-0.3, -0.25) is 9.86 Å². The average Bonchev–Trinajstić information content (AvgIpc) is 2.11. The van der Waals surface area contributed by atoms with Crippen LogP contribution in [0.5, 0.6) is 0 Å². The summed E-state index contributed by atoms with van der Waals surface area (Å²) in [6, 6.07) is -0.671. The molecule has 0 saturated heterocycles. The first-order valence-corrected chi connectivity index (χ1v) is 4.59. The highest BCUT2D eigenvalue weighted by molar-refractivity contribution is 7.95. The van der Waals surface area contributed by atoms with Crippen LogP contribution in [0.2, 0.25) is 0 Å². The van der Waals surface area contributed by atoms with E-state index in [-0.39, 0.29) is 0 Å². The number of nitrogens with two attached hydrogens (primary N) is 1. The lowest BCUT2D eigenvalue weighted by Gasteiger charge is -2.01. The summed E-state index contributed by atoms with van der Waals surface area (Å²) in [6.45, 7) is 0.783.